The van der Waals surface area contributed by atoms with Crippen LogP contribution in [-0.2, 0) is 25.8 Å². The summed E-state index contributed by atoms with van der Waals surface area (Å²) in [6, 6.07) is 12.5. The molecule has 2 rings (SSSR count). The smallest absolute Gasteiger partial charge is 0.0213 e. The Balaban J connectivity index is -0.0000000271. The van der Waals surface area contributed by atoms with E-state index < -0.39 is 0 Å². The summed E-state index contributed by atoms with van der Waals surface area (Å²) in [6.45, 7) is 16.9. The summed E-state index contributed by atoms with van der Waals surface area (Å²) in [6.07, 6.45) is 10.0. The Morgan fingerprint density at radius 2 is 1.15 bits per heavy atom. The molecular weight excluding hydrogens is 556 g/mol. The fraction of sp³-hybridized carbons (Fsp3) is 0.409. The van der Waals surface area contributed by atoms with Gasteiger partial charge in [0.1, 0.15) is 0 Å². The third kappa shape index (κ3) is 121. The molecule has 2 N–H and O–H groups in total. The number of hydrogen-bond donors (Lipinski definition) is 0. The standard InChI is InChI=1S/C6H5.C5H5.2C4H9.C2H7Si.CH3.2ClH.Hf.H2N/c1-2-4-6-5-3-1;1-2-4-5-3-1;2*1-4(2)3;1-3-2;;;;;/h1-5H;1-3H,4H2;2*1-3H3;3H,1-2H3;1H3;2*1H;;1H2/q4*-1;;-1;;;;-1. The van der Waals surface area contributed by atoms with E-state index >= 15 is 0 Å². The number of rotatable bonds is 0. The molecule has 27 heavy (non-hydrogen) atoms. The molecule has 0 aliphatic heterocycles. The zero-order chi connectivity index (χ0) is 17.6. The molecule has 0 saturated carbocycles. The molecule has 1 aliphatic rings. The maximum atomic E-state index is 2.99. The third-order valence-electron chi connectivity index (χ3n) is 1.19. The fourth-order valence-corrected chi connectivity index (χ4v) is 0.682. The Labute approximate surface area is 206 Å². The van der Waals surface area contributed by atoms with Crippen molar-refractivity contribution in [2.24, 2.45) is 0 Å². The number of benzene rings is 1. The van der Waals surface area contributed by atoms with E-state index in [1.807, 2.05) is 42.5 Å². The number of allylic oxidation sites excluding steroid dienone is 4. The molecule has 1 radical (unpaired) electrons. The first-order valence-electron chi connectivity index (χ1n) is 7.78. The van der Waals surface area contributed by atoms with Crippen molar-refractivity contribution in [3.8, 4) is 0 Å². The Kier molecular flexibility index (Phi) is 94.4. The molecule has 5 heteroatoms. The van der Waals surface area contributed by atoms with Crippen LogP contribution in [0.2, 0.25) is 13.1 Å². The second-order valence-corrected chi connectivity index (χ2v) is 6.81. The van der Waals surface area contributed by atoms with Gasteiger partial charge in [0.25, 0.3) is 0 Å². The first-order chi connectivity index (χ1) is 10.4. The molecule has 0 aromatic heterocycles. The zero-order valence-corrected chi connectivity index (χ0v) is 25.2. The van der Waals surface area contributed by atoms with Gasteiger partial charge >= 0.3 is 0 Å². The summed E-state index contributed by atoms with van der Waals surface area (Å²) < 4.78 is 0. The molecule has 0 saturated heterocycles. The van der Waals surface area contributed by atoms with Crippen molar-refractivity contribution in [2.45, 2.75) is 61.1 Å². The molecule has 0 atom stereocenters. The Morgan fingerprint density at radius 3 is 1.22 bits per heavy atom. The summed E-state index contributed by atoms with van der Waals surface area (Å²) in [7, 11) is 0.750. The van der Waals surface area contributed by atoms with Crippen LogP contribution in [-0.4, -0.2) is 9.52 Å². The van der Waals surface area contributed by atoms with Crippen LogP contribution < -0.4 is 0 Å². The van der Waals surface area contributed by atoms with E-state index in [9.17, 15) is 0 Å². The zero-order valence-electron chi connectivity index (χ0n) is 18.8. The van der Waals surface area contributed by atoms with Crippen molar-refractivity contribution in [3.05, 3.63) is 86.1 Å². The monoisotopic (exact) mass is 598 g/mol. The SMILES string of the molecule is C[C-](C)C.C[C-](C)C.C[SiH]C.Cl.Cl.[C-]1=CC=CC1.[CH3-].[Hf].[NH2-].[c-]1ccccc1. The quantitative estimate of drug-likeness (QED) is 0.212. The normalized spacial score (nSPS) is 8.37. The van der Waals surface area contributed by atoms with Crippen molar-refractivity contribution in [3.63, 3.8) is 0 Å². The molecule has 0 heterocycles. The second-order valence-electron chi connectivity index (χ2n) is 5.66. The van der Waals surface area contributed by atoms with E-state index in [2.05, 4.69) is 72.9 Å². The van der Waals surface area contributed by atoms with Gasteiger partial charge in [-0.1, -0.05) is 13.1 Å². The largest absolute Gasteiger partial charge is 0.693 e. The molecule has 163 valence electrons. The molecule has 0 amide bonds. The predicted octanol–water partition coefficient (Wildman–Crippen LogP) is 8.56. The van der Waals surface area contributed by atoms with E-state index in [1.54, 1.807) is 0 Å². The van der Waals surface area contributed by atoms with Crippen molar-refractivity contribution < 1.29 is 25.8 Å². The summed E-state index contributed by atoms with van der Waals surface area (Å²) in [4.78, 5) is 0. The molecule has 0 fully saturated rings. The first kappa shape index (κ1) is 50.7. The van der Waals surface area contributed by atoms with Gasteiger partial charge in [0.05, 0.1) is 0 Å². The minimum absolute atomic E-state index is 0. The van der Waals surface area contributed by atoms with Crippen LogP contribution in [0.4, 0.5) is 0 Å². The topological polar surface area (TPSA) is 33.5 Å². The van der Waals surface area contributed by atoms with Gasteiger partial charge in [-0.25, -0.2) is 12.2 Å². The molecular formula is C22H42Cl2HfNSi-6. The molecule has 0 unspecified atom stereocenters. The molecule has 1 aromatic carbocycles. The first-order valence-corrected chi connectivity index (χ1v) is 10.1. The summed E-state index contributed by atoms with van der Waals surface area (Å²) in [5.41, 5.74) is 0. The van der Waals surface area contributed by atoms with Gasteiger partial charge < -0.3 is 25.4 Å². The van der Waals surface area contributed by atoms with E-state index in [0.29, 0.717) is 0 Å². The van der Waals surface area contributed by atoms with E-state index in [0.717, 1.165) is 15.9 Å². The second kappa shape index (κ2) is 50.3. The maximum Gasteiger partial charge on any atom is 0.0213 e. The van der Waals surface area contributed by atoms with Gasteiger partial charge in [-0.05, 0) is 0 Å². The van der Waals surface area contributed by atoms with Gasteiger partial charge in [-0.2, -0.15) is 84.0 Å². The summed E-state index contributed by atoms with van der Waals surface area (Å²) >= 11 is 0. The molecule has 1 nitrogen and oxygen atoms in total. The Bertz CT molecular complexity index is 284. The van der Waals surface area contributed by atoms with Crippen molar-refractivity contribution in [1.29, 1.82) is 0 Å². The van der Waals surface area contributed by atoms with Crippen LogP contribution in [0.15, 0.2) is 48.6 Å². The minimum atomic E-state index is 0. The average Bonchev–Trinajstić information content (AvgIpc) is 2.99. The van der Waals surface area contributed by atoms with E-state index in [4.69, 9.17) is 0 Å². The van der Waals surface area contributed by atoms with Crippen LogP contribution in [0, 0.1) is 31.4 Å². The van der Waals surface area contributed by atoms with Gasteiger partial charge in [0.2, 0.25) is 0 Å². The maximum absolute atomic E-state index is 2.99. The van der Waals surface area contributed by atoms with Crippen LogP contribution in [0.25, 0.3) is 6.15 Å². The van der Waals surface area contributed by atoms with Crippen LogP contribution in [0.1, 0.15) is 48.0 Å². The minimum Gasteiger partial charge on any atom is -0.693 e. The van der Waals surface area contributed by atoms with Gasteiger partial charge in [-0.3, -0.25) is 6.08 Å². The van der Waals surface area contributed by atoms with Crippen LogP contribution in [0.3, 0.4) is 0 Å². The number of hydrogen-bond acceptors (Lipinski definition) is 0. The van der Waals surface area contributed by atoms with E-state index in [1.165, 1.54) is 11.8 Å². The van der Waals surface area contributed by atoms with Gasteiger partial charge in [-0.15, -0.1) is 31.2 Å². The summed E-state index contributed by atoms with van der Waals surface area (Å²) in [5.74, 6) is 2.83. The molecule has 0 bridgehead atoms. The number of halogens is 2. The van der Waals surface area contributed by atoms with Crippen molar-refractivity contribution >= 4 is 34.3 Å². The average molecular weight is 598 g/mol. The fourth-order valence-electron chi connectivity index (χ4n) is 0.682. The molecule has 0 spiro atoms. The molecule has 1 aromatic rings. The van der Waals surface area contributed by atoms with Crippen molar-refractivity contribution in [1.82, 2.24) is 0 Å². The van der Waals surface area contributed by atoms with Crippen molar-refractivity contribution in [2.75, 3.05) is 0 Å². The molecule has 1 aliphatic carbocycles. The Hall–Kier alpha value is 0.327. The van der Waals surface area contributed by atoms with Crippen LogP contribution >= 0.6 is 24.8 Å². The summed E-state index contributed by atoms with van der Waals surface area (Å²) in [5, 5.41) is 0. The van der Waals surface area contributed by atoms with Crippen LogP contribution in [0.5, 0.6) is 0 Å². The van der Waals surface area contributed by atoms with E-state index in [-0.39, 0.29) is 64.2 Å². The number of nitrogens with two attached hydrogens (primary N) is 1. The predicted molar refractivity (Wildman–Crippen MR) is 132 cm³/mol. The van der Waals surface area contributed by atoms with Gasteiger partial charge in [0.15, 0.2) is 0 Å². The van der Waals surface area contributed by atoms with Gasteiger partial charge in [0, 0.05) is 35.4 Å². The third-order valence-corrected chi connectivity index (χ3v) is 1.19. The Morgan fingerprint density at radius 1 is 0.815 bits per heavy atom.